The van der Waals surface area contributed by atoms with Gasteiger partial charge >= 0.3 is 12.0 Å². The Labute approximate surface area is 123 Å². The van der Waals surface area contributed by atoms with Gasteiger partial charge in [-0.3, -0.25) is 9.59 Å². The third-order valence-electron chi connectivity index (χ3n) is 4.08. The number of carbonyl (C=O) groups is 3. The molecule has 2 unspecified atom stereocenters. The number of amides is 3. The van der Waals surface area contributed by atoms with E-state index in [1.165, 1.54) is 0 Å². The van der Waals surface area contributed by atoms with Crippen molar-refractivity contribution in [2.75, 3.05) is 13.1 Å². The molecule has 21 heavy (non-hydrogen) atoms. The van der Waals surface area contributed by atoms with Crippen LogP contribution >= 0.6 is 0 Å². The first-order valence-electron chi connectivity index (χ1n) is 7.60. The maximum atomic E-state index is 11.6. The van der Waals surface area contributed by atoms with Crippen LogP contribution < -0.4 is 16.0 Å². The Balaban J connectivity index is 1.56. The van der Waals surface area contributed by atoms with Crippen molar-refractivity contribution in [1.82, 2.24) is 16.0 Å². The highest BCUT2D eigenvalue weighted by Gasteiger charge is 2.32. The first-order valence-corrected chi connectivity index (χ1v) is 7.60. The van der Waals surface area contributed by atoms with Gasteiger partial charge in [0.05, 0.1) is 5.92 Å². The fourth-order valence-corrected chi connectivity index (χ4v) is 2.71. The lowest BCUT2D eigenvalue weighted by Gasteiger charge is -2.16. The van der Waals surface area contributed by atoms with Gasteiger partial charge in [0, 0.05) is 25.6 Å². The second-order valence-electron chi connectivity index (χ2n) is 5.86. The minimum absolute atomic E-state index is 0.00594. The number of nitrogens with one attached hydrogen (secondary N) is 3. The van der Waals surface area contributed by atoms with Crippen LogP contribution in [-0.4, -0.2) is 42.1 Å². The smallest absolute Gasteiger partial charge is 0.314 e. The topological polar surface area (TPSA) is 108 Å². The average molecular weight is 297 g/mol. The molecule has 2 aliphatic rings. The summed E-state index contributed by atoms with van der Waals surface area (Å²) in [6.45, 7) is 0.661. The zero-order valence-corrected chi connectivity index (χ0v) is 12.1. The number of carboxylic acids is 1. The predicted octanol–water partition coefficient (Wildman–Crippen LogP) is 0.455. The predicted molar refractivity (Wildman–Crippen MR) is 75.6 cm³/mol. The van der Waals surface area contributed by atoms with Crippen LogP contribution in [0.15, 0.2) is 0 Å². The first-order chi connectivity index (χ1) is 10.1. The Morgan fingerprint density at radius 1 is 1.05 bits per heavy atom. The van der Waals surface area contributed by atoms with Crippen LogP contribution in [0.4, 0.5) is 4.79 Å². The summed E-state index contributed by atoms with van der Waals surface area (Å²) < 4.78 is 0. The Morgan fingerprint density at radius 2 is 1.81 bits per heavy atom. The van der Waals surface area contributed by atoms with Crippen LogP contribution in [0.3, 0.4) is 0 Å². The van der Waals surface area contributed by atoms with Crippen molar-refractivity contribution in [3.63, 3.8) is 0 Å². The molecule has 2 rings (SSSR count). The van der Waals surface area contributed by atoms with Gasteiger partial charge in [-0.15, -0.1) is 0 Å². The van der Waals surface area contributed by atoms with Gasteiger partial charge in [0.25, 0.3) is 0 Å². The van der Waals surface area contributed by atoms with Gasteiger partial charge in [0.2, 0.25) is 5.91 Å². The molecule has 2 fully saturated rings. The van der Waals surface area contributed by atoms with E-state index < -0.39 is 5.97 Å². The van der Waals surface area contributed by atoms with E-state index in [-0.39, 0.29) is 36.7 Å². The van der Waals surface area contributed by atoms with E-state index in [0.29, 0.717) is 19.0 Å². The van der Waals surface area contributed by atoms with E-state index in [4.69, 9.17) is 5.11 Å². The third-order valence-corrected chi connectivity index (χ3v) is 4.08. The molecule has 0 aromatic carbocycles. The second kappa shape index (κ2) is 7.28. The molecule has 0 aromatic rings. The first kappa shape index (κ1) is 15.6. The van der Waals surface area contributed by atoms with Crippen LogP contribution in [0, 0.1) is 11.8 Å². The van der Waals surface area contributed by atoms with Crippen molar-refractivity contribution < 1.29 is 19.5 Å². The lowest BCUT2D eigenvalue weighted by atomic mass is 9.96. The van der Waals surface area contributed by atoms with Crippen molar-refractivity contribution >= 4 is 17.9 Å². The van der Waals surface area contributed by atoms with Gasteiger partial charge < -0.3 is 21.1 Å². The molecule has 0 spiro atoms. The Hall–Kier alpha value is -1.79. The molecule has 4 N–H and O–H groups in total. The number of aliphatic carboxylic acids is 1. The van der Waals surface area contributed by atoms with Crippen molar-refractivity contribution in [3.8, 4) is 0 Å². The van der Waals surface area contributed by atoms with Crippen LogP contribution in [-0.2, 0) is 9.59 Å². The third kappa shape index (κ3) is 5.24. The molecular formula is C14H23N3O4. The Bertz CT molecular complexity index is 409. The van der Waals surface area contributed by atoms with Gasteiger partial charge in [-0.25, -0.2) is 4.79 Å². The molecule has 7 nitrogen and oxygen atoms in total. The molecule has 0 saturated heterocycles. The van der Waals surface area contributed by atoms with Crippen LogP contribution in [0.1, 0.15) is 38.5 Å². The fraction of sp³-hybridized carbons (Fsp3) is 0.786. The normalized spacial score (nSPS) is 24.4. The molecule has 2 aliphatic carbocycles. The van der Waals surface area contributed by atoms with E-state index in [1.807, 2.05) is 0 Å². The second-order valence-corrected chi connectivity index (χ2v) is 5.86. The van der Waals surface area contributed by atoms with Crippen LogP contribution in [0.2, 0.25) is 0 Å². The standard InChI is InChI=1S/C14H23N3O4/c18-12(17-10-4-5-10)6-7-15-14(21)16-8-9-2-1-3-11(9)13(19)20/h9-11H,1-8H2,(H,17,18)(H,19,20)(H2,15,16,21). The molecule has 0 bridgehead atoms. The van der Waals surface area contributed by atoms with Crippen molar-refractivity contribution in [2.24, 2.45) is 11.8 Å². The molecule has 118 valence electrons. The maximum Gasteiger partial charge on any atom is 0.314 e. The molecule has 2 atom stereocenters. The Morgan fingerprint density at radius 3 is 2.48 bits per heavy atom. The highest BCUT2D eigenvalue weighted by Crippen LogP contribution is 2.31. The highest BCUT2D eigenvalue weighted by atomic mass is 16.4. The molecule has 7 heteroatoms. The molecule has 0 aliphatic heterocycles. The summed E-state index contributed by atoms with van der Waals surface area (Å²) in [7, 11) is 0. The zero-order chi connectivity index (χ0) is 15.2. The van der Waals surface area contributed by atoms with Gasteiger partial charge in [0.1, 0.15) is 0 Å². The molecule has 0 radical (unpaired) electrons. The van der Waals surface area contributed by atoms with Crippen LogP contribution in [0.5, 0.6) is 0 Å². The van der Waals surface area contributed by atoms with Gasteiger partial charge in [0.15, 0.2) is 0 Å². The van der Waals surface area contributed by atoms with E-state index in [0.717, 1.165) is 25.7 Å². The van der Waals surface area contributed by atoms with Crippen LogP contribution in [0.25, 0.3) is 0 Å². The van der Waals surface area contributed by atoms with Crippen molar-refractivity contribution in [3.05, 3.63) is 0 Å². The summed E-state index contributed by atoms with van der Waals surface area (Å²) >= 11 is 0. The minimum Gasteiger partial charge on any atom is -0.481 e. The fourth-order valence-electron chi connectivity index (χ4n) is 2.71. The van der Waals surface area contributed by atoms with Gasteiger partial charge in [-0.05, 0) is 31.6 Å². The summed E-state index contributed by atoms with van der Waals surface area (Å²) in [4.78, 5) is 34.0. The number of carbonyl (C=O) groups excluding carboxylic acids is 2. The summed E-state index contributed by atoms with van der Waals surface area (Å²) in [5.74, 6) is -1.17. The summed E-state index contributed by atoms with van der Waals surface area (Å²) in [5.41, 5.74) is 0. The van der Waals surface area contributed by atoms with Crippen molar-refractivity contribution in [1.29, 1.82) is 0 Å². The van der Waals surface area contributed by atoms with E-state index in [2.05, 4.69) is 16.0 Å². The monoisotopic (exact) mass is 297 g/mol. The van der Waals surface area contributed by atoms with Gasteiger partial charge in [-0.2, -0.15) is 0 Å². The maximum absolute atomic E-state index is 11.6. The number of urea groups is 1. The van der Waals surface area contributed by atoms with Crippen molar-refractivity contribution in [2.45, 2.75) is 44.6 Å². The zero-order valence-electron chi connectivity index (χ0n) is 12.1. The SMILES string of the molecule is O=C(CCNC(=O)NCC1CCCC1C(=O)O)NC1CC1. The summed E-state index contributed by atoms with van der Waals surface area (Å²) in [6, 6.07) is -0.00749. The number of hydrogen-bond acceptors (Lipinski definition) is 3. The molecule has 0 heterocycles. The minimum atomic E-state index is -0.781. The molecular weight excluding hydrogens is 274 g/mol. The molecule has 0 aromatic heterocycles. The van der Waals surface area contributed by atoms with E-state index in [1.54, 1.807) is 0 Å². The molecule has 3 amide bonds. The summed E-state index contributed by atoms with van der Waals surface area (Å²) in [5, 5.41) is 17.2. The molecule has 2 saturated carbocycles. The largest absolute Gasteiger partial charge is 0.481 e. The summed E-state index contributed by atoms with van der Waals surface area (Å²) in [6.07, 6.45) is 4.78. The average Bonchev–Trinajstić information content (AvgIpc) is 3.10. The van der Waals surface area contributed by atoms with E-state index >= 15 is 0 Å². The van der Waals surface area contributed by atoms with Gasteiger partial charge in [-0.1, -0.05) is 6.42 Å². The lowest BCUT2D eigenvalue weighted by molar-refractivity contribution is -0.142. The Kier molecular flexibility index (Phi) is 5.41. The number of carboxylic acid groups (broad SMARTS) is 1. The quantitative estimate of drug-likeness (QED) is 0.547. The number of rotatable bonds is 7. The number of hydrogen-bond donors (Lipinski definition) is 4. The van der Waals surface area contributed by atoms with E-state index in [9.17, 15) is 14.4 Å². The lowest BCUT2D eigenvalue weighted by Crippen LogP contribution is -2.41. The highest BCUT2D eigenvalue weighted by molar-refractivity contribution is 5.78.